The molecule has 0 fully saturated rings. The van der Waals surface area contributed by atoms with Gasteiger partial charge >= 0.3 is 0 Å². The van der Waals surface area contributed by atoms with Crippen molar-refractivity contribution < 1.29 is 13.6 Å². The van der Waals surface area contributed by atoms with E-state index in [4.69, 9.17) is 8.83 Å². The number of rotatable bonds is 7. The van der Waals surface area contributed by atoms with E-state index in [-0.39, 0.29) is 5.91 Å². The van der Waals surface area contributed by atoms with Crippen molar-refractivity contribution in [3.05, 3.63) is 78.4 Å². The second kappa shape index (κ2) is 8.14. The van der Waals surface area contributed by atoms with Crippen LogP contribution < -0.4 is 5.32 Å². The molecule has 0 atom stereocenters. The summed E-state index contributed by atoms with van der Waals surface area (Å²) < 4.78 is 11.2. The van der Waals surface area contributed by atoms with Crippen molar-refractivity contribution in [3.8, 4) is 11.5 Å². The fourth-order valence-electron chi connectivity index (χ4n) is 2.70. The maximum Gasteiger partial charge on any atom is 0.230 e. The number of nitrogens with one attached hydrogen (secondary N) is 1. The molecule has 0 aliphatic rings. The average Bonchev–Trinajstić information content (AvgIpc) is 3.34. The fraction of sp³-hybridized carbons (Fsp3) is 0.143. The minimum atomic E-state index is -0.0350. The van der Waals surface area contributed by atoms with E-state index >= 15 is 0 Å². The van der Waals surface area contributed by atoms with Gasteiger partial charge in [-0.15, -0.1) is 11.8 Å². The lowest BCUT2D eigenvalue weighted by Gasteiger charge is -2.02. The number of nitrogens with zero attached hydrogens (tertiary/aromatic N) is 1. The Kier molecular flexibility index (Phi) is 5.25. The van der Waals surface area contributed by atoms with Gasteiger partial charge in [-0.05, 0) is 24.3 Å². The van der Waals surface area contributed by atoms with Gasteiger partial charge in [0.2, 0.25) is 11.8 Å². The number of fused-ring (bicyclic) bond motifs is 1. The third-order valence-electron chi connectivity index (χ3n) is 3.99. The monoisotopic (exact) mass is 378 g/mol. The molecule has 6 heteroatoms. The molecule has 1 N–H and O–H groups in total. The lowest BCUT2D eigenvalue weighted by molar-refractivity contribution is -0.118. The Balaban J connectivity index is 1.23. The number of thioether (sulfide) groups is 1. The molecule has 0 saturated carbocycles. The lowest BCUT2D eigenvalue weighted by Crippen LogP contribution is -2.24. The Morgan fingerprint density at radius 2 is 1.89 bits per heavy atom. The summed E-state index contributed by atoms with van der Waals surface area (Å²) in [5, 5.41) is 3.92. The highest BCUT2D eigenvalue weighted by molar-refractivity contribution is 7.99. The molecule has 2 aromatic heterocycles. The largest absolute Gasteiger partial charge is 0.459 e. The molecule has 0 aliphatic heterocycles. The van der Waals surface area contributed by atoms with Crippen LogP contribution in [0.5, 0.6) is 0 Å². The van der Waals surface area contributed by atoms with E-state index < -0.39 is 0 Å². The van der Waals surface area contributed by atoms with Gasteiger partial charge in [-0.25, -0.2) is 4.98 Å². The Labute approximate surface area is 160 Å². The zero-order chi connectivity index (χ0) is 18.5. The van der Waals surface area contributed by atoms with Crippen LogP contribution in [-0.2, 0) is 17.1 Å². The second-order valence-corrected chi connectivity index (χ2v) is 7.02. The average molecular weight is 378 g/mol. The molecule has 0 unspecified atom stereocenters. The third kappa shape index (κ3) is 4.41. The van der Waals surface area contributed by atoms with Crippen molar-refractivity contribution in [1.82, 2.24) is 10.3 Å². The van der Waals surface area contributed by atoms with Crippen LogP contribution in [-0.4, -0.2) is 16.6 Å². The maximum atomic E-state index is 12.0. The van der Waals surface area contributed by atoms with E-state index in [9.17, 15) is 4.79 Å². The summed E-state index contributed by atoms with van der Waals surface area (Å²) in [6, 6.07) is 19.5. The van der Waals surface area contributed by atoms with E-state index in [0.717, 1.165) is 28.0 Å². The van der Waals surface area contributed by atoms with Gasteiger partial charge in [0.05, 0.1) is 18.0 Å². The lowest BCUT2D eigenvalue weighted by atomic mass is 10.2. The van der Waals surface area contributed by atoms with Gasteiger partial charge in [0, 0.05) is 16.7 Å². The normalized spacial score (nSPS) is 11.0. The summed E-state index contributed by atoms with van der Waals surface area (Å²) in [6.07, 6.45) is 1.64. The first-order chi connectivity index (χ1) is 13.3. The number of hydrogen-bond donors (Lipinski definition) is 1. The standard InChI is InChI=1S/C21H18N2O3S/c24-20(22-11-18-10-16-8-4-5-9-19(16)26-18)14-27-13-17-12-25-21(23-17)15-6-2-1-3-7-15/h1-10,12H,11,13-14H2,(H,22,24). The van der Waals surface area contributed by atoms with Crippen LogP contribution in [0.3, 0.4) is 0 Å². The van der Waals surface area contributed by atoms with Crippen molar-refractivity contribution in [1.29, 1.82) is 0 Å². The predicted octanol–water partition coefficient (Wildman–Crippen LogP) is 4.64. The van der Waals surface area contributed by atoms with Crippen LogP contribution in [0.15, 0.2) is 75.8 Å². The molecule has 4 rings (SSSR count). The Bertz CT molecular complexity index is 1010. The smallest absolute Gasteiger partial charge is 0.230 e. The topological polar surface area (TPSA) is 68.3 Å². The Morgan fingerprint density at radius 3 is 2.74 bits per heavy atom. The van der Waals surface area contributed by atoms with E-state index in [1.54, 1.807) is 6.26 Å². The third-order valence-corrected chi connectivity index (χ3v) is 4.96. The van der Waals surface area contributed by atoms with Gasteiger partial charge in [-0.3, -0.25) is 4.79 Å². The molecule has 1 amide bonds. The molecule has 27 heavy (non-hydrogen) atoms. The maximum absolute atomic E-state index is 12.0. The Morgan fingerprint density at radius 1 is 1.07 bits per heavy atom. The molecule has 0 saturated heterocycles. The molecular weight excluding hydrogens is 360 g/mol. The number of carbonyl (C=O) groups is 1. The number of amides is 1. The molecule has 0 aliphatic carbocycles. The number of benzene rings is 2. The van der Waals surface area contributed by atoms with Gasteiger partial charge in [-0.2, -0.15) is 0 Å². The SMILES string of the molecule is O=C(CSCc1coc(-c2ccccc2)n1)NCc1cc2ccccc2o1. The molecule has 0 spiro atoms. The summed E-state index contributed by atoms with van der Waals surface area (Å²) in [5.74, 6) is 2.29. The molecule has 136 valence electrons. The van der Waals surface area contributed by atoms with Crippen LogP contribution in [0.4, 0.5) is 0 Å². The predicted molar refractivity (Wildman–Crippen MR) is 106 cm³/mol. The Hall–Kier alpha value is -2.99. The highest BCUT2D eigenvalue weighted by Crippen LogP contribution is 2.21. The molecule has 0 radical (unpaired) electrons. The molecule has 2 heterocycles. The van der Waals surface area contributed by atoms with E-state index in [0.29, 0.717) is 23.9 Å². The van der Waals surface area contributed by atoms with Gasteiger partial charge in [-0.1, -0.05) is 36.4 Å². The minimum Gasteiger partial charge on any atom is -0.459 e. The summed E-state index contributed by atoms with van der Waals surface area (Å²) >= 11 is 1.50. The molecule has 4 aromatic rings. The van der Waals surface area contributed by atoms with Gasteiger partial charge in [0.25, 0.3) is 0 Å². The number of hydrogen-bond acceptors (Lipinski definition) is 5. The minimum absolute atomic E-state index is 0.0350. The van der Waals surface area contributed by atoms with E-state index in [2.05, 4.69) is 10.3 Å². The van der Waals surface area contributed by atoms with Crippen molar-refractivity contribution in [2.45, 2.75) is 12.3 Å². The summed E-state index contributed by atoms with van der Waals surface area (Å²) in [7, 11) is 0. The molecule has 0 bridgehead atoms. The van der Waals surface area contributed by atoms with Gasteiger partial charge in [0.15, 0.2) is 0 Å². The van der Waals surface area contributed by atoms with Crippen LogP contribution in [0.1, 0.15) is 11.5 Å². The number of oxazole rings is 1. The van der Waals surface area contributed by atoms with E-state index in [1.165, 1.54) is 11.8 Å². The zero-order valence-corrected chi connectivity index (χ0v) is 15.4. The van der Waals surface area contributed by atoms with Crippen molar-refractivity contribution >= 4 is 28.6 Å². The quantitative estimate of drug-likeness (QED) is 0.507. The van der Waals surface area contributed by atoms with Crippen molar-refractivity contribution in [3.63, 3.8) is 0 Å². The summed E-state index contributed by atoms with van der Waals surface area (Å²) in [6.45, 7) is 0.385. The molecular formula is C21H18N2O3S. The fourth-order valence-corrected chi connectivity index (χ4v) is 3.43. The first-order valence-corrected chi connectivity index (χ1v) is 9.75. The number of furan rings is 1. The summed E-state index contributed by atoms with van der Waals surface area (Å²) in [5.41, 5.74) is 2.60. The van der Waals surface area contributed by atoms with Crippen LogP contribution in [0.25, 0.3) is 22.4 Å². The van der Waals surface area contributed by atoms with Crippen LogP contribution in [0, 0.1) is 0 Å². The zero-order valence-electron chi connectivity index (χ0n) is 14.6. The summed E-state index contributed by atoms with van der Waals surface area (Å²) in [4.78, 5) is 16.5. The number of carbonyl (C=O) groups excluding carboxylic acids is 1. The number of para-hydroxylation sites is 1. The van der Waals surface area contributed by atoms with Crippen molar-refractivity contribution in [2.24, 2.45) is 0 Å². The highest BCUT2D eigenvalue weighted by atomic mass is 32.2. The van der Waals surface area contributed by atoms with E-state index in [1.807, 2.05) is 60.7 Å². The van der Waals surface area contributed by atoms with Crippen molar-refractivity contribution in [2.75, 3.05) is 5.75 Å². The molecule has 2 aromatic carbocycles. The van der Waals surface area contributed by atoms with Gasteiger partial charge in [0.1, 0.15) is 17.6 Å². The van der Waals surface area contributed by atoms with Crippen LogP contribution >= 0.6 is 11.8 Å². The van der Waals surface area contributed by atoms with Crippen LogP contribution in [0.2, 0.25) is 0 Å². The molecule has 5 nitrogen and oxygen atoms in total. The second-order valence-electron chi connectivity index (χ2n) is 6.03. The first-order valence-electron chi connectivity index (χ1n) is 8.60. The van der Waals surface area contributed by atoms with Gasteiger partial charge < -0.3 is 14.2 Å². The number of aromatic nitrogens is 1. The highest BCUT2D eigenvalue weighted by Gasteiger charge is 2.09. The first kappa shape index (κ1) is 17.4.